The van der Waals surface area contributed by atoms with Crippen LogP contribution in [0.3, 0.4) is 0 Å². The lowest BCUT2D eigenvalue weighted by molar-refractivity contribution is -0.141. The van der Waals surface area contributed by atoms with Crippen LogP contribution < -0.4 is 0 Å². The van der Waals surface area contributed by atoms with Crippen LogP contribution in [0.15, 0.2) is 0 Å². The summed E-state index contributed by atoms with van der Waals surface area (Å²) in [7, 11) is 3.59. The molecule has 1 rings (SSSR count). The molecular weight excluding hydrogens is 166 g/mol. The third-order valence-electron chi connectivity index (χ3n) is 2.83. The van der Waals surface area contributed by atoms with E-state index in [9.17, 15) is 4.79 Å². The summed E-state index contributed by atoms with van der Waals surface area (Å²) in [5, 5.41) is 0. The molecule has 1 heterocycles. The second kappa shape index (κ2) is 5.22. The molecule has 0 bridgehead atoms. The van der Waals surface area contributed by atoms with Crippen molar-refractivity contribution < 1.29 is 9.53 Å². The standard InChI is InChI=1S/C10H19NO2/c1-11-8-4-3-5-9(11)6-7-10(12)13-2/h9H,3-8H2,1-2H3. The van der Waals surface area contributed by atoms with E-state index in [4.69, 9.17) is 0 Å². The van der Waals surface area contributed by atoms with Gasteiger partial charge in [0.2, 0.25) is 0 Å². The van der Waals surface area contributed by atoms with E-state index in [-0.39, 0.29) is 5.97 Å². The van der Waals surface area contributed by atoms with Gasteiger partial charge in [0.05, 0.1) is 7.11 Å². The summed E-state index contributed by atoms with van der Waals surface area (Å²) in [5.41, 5.74) is 0. The first-order chi connectivity index (χ1) is 6.24. The maximum Gasteiger partial charge on any atom is 0.305 e. The van der Waals surface area contributed by atoms with Crippen LogP contribution in [0.1, 0.15) is 32.1 Å². The van der Waals surface area contributed by atoms with Crippen LogP contribution in [0.25, 0.3) is 0 Å². The van der Waals surface area contributed by atoms with Crippen molar-refractivity contribution >= 4 is 5.97 Å². The van der Waals surface area contributed by atoms with Crippen LogP contribution in [-0.4, -0.2) is 37.6 Å². The van der Waals surface area contributed by atoms with E-state index in [1.165, 1.54) is 32.9 Å². The predicted octanol–water partition coefficient (Wildman–Crippen LogP) is 1.42. The number of nitrogens with zero attached hydrogens (tertiary/aromatic N) is 1. The van der Waals surface area contributed by atoms with E-state index in [1.54, 1.807) is 0 Å². The number of carbonyl (C=O) groups excluding carboxylic acids is 1. The highest BCUT2D eigenvalue weighted by atomic mass is 16.5. The zero-order valence-corrected chi connectivity index (χ0v) is 8.58. The number of rotatable bonds is 3. The lowest BCUT2D eigenvalue weighted by Gasteiger charge is -2.32. The van der Waals surface area contributed by atoms with Crippen LogP contribution in [-0.2, 0) is 9.53 Å². The molecule has 1 saturated heterocycles. The van der Waals surface area contributed by atoms with Crippen LogP contribution in [0, 0.1) is 0 Å². The second-order valence-corrected chi connectivity index (χ2v) is 3.75. The van der Waals surface area contributed by atoms with Crippen molar-refractivity contribution in [2.75, 3.05) is 20.7 Å². The molecule has 1 fully saturated rings. The van der Waals surface area contributed by atoms with Gasteiger partial charge in [-0.15, -0.1) is 0 Å². The van der Waals surface area contributed by atoms with E-state index in [2.05, 4.69) is 16.7 Å². The molecule has 3 heteroatoms. The molecule has 0 saturated carbocycles. The van der Waals surface area contributed by atoms with Crippen LogP contribution >= 0.6 is 0 Å². The zero-order valence-electron chi connectivity index (χ0n) is 8.58. The highest BCUT2D eigenvalue weighted by Crippen LogP contribution is 2.18. The van der Waals surface area contributed by atoms with Crippen molar-refractivity contribution in [2.24, 2.45) is 0 Å². The third-order valence-corrected chi connectivity index (χ3v) is 2.83. The zero-order chi connectivity index (χ0) is 9.68. The van der Waals surface area contributed by atoms with Gasteiger partial charge in [-0.1, -0.05) is 6.42 Å². The van der Waals surface area contributed by atoms with Gasteiger partial charge in [-0.25, -0.2) is 0 Å². The Morgan fingerprint density at radius 1 is 1.54 bits per heavy atom. The highest BCUT2D eigenvalue weighted by Gasteiger charge is 2.19. The Morgan fingerprint density at radius 3 is 2.92 bits per heavy atom. The van der Waals surface area contributed by atoms with Crippen molar-refractivity contribution in [3.05, 3.63) is 0 Å². The molecular formula is C10H19NO2. The number of carbonyl (C=O) groups is 1. The van der Waals surface area contributed by atoms with Gasteiger partial charge >= 0.3 is 5.97 Å². The summed E-state index contributed by atoms with van der Waals surface area (Å²) < 4.78 is 4.62. The van der Waals surface area contributed by atoms with Crippen molar-refractivity contribution in [1.29, 1.82) is 0 Å². The number of hydrogen-bond donors (Lipinski definition) is 0. The molecule has 1 aliphatic heterocycles. The fourth-order valence-electron chi connectivity index (χ4n) is 1.90. The van der Waals surface area contributed by atoms with Crippen molar-refractivity contribution in [2.45, 2.75) is 38.1 Å². The molecule has 13 heavy (non-hydrogen) atoms. The molecule has 0 aromatic heterocycles. The van der Waals surface area contributed by atoms with Crippen LogP contribution in [0.5, 0.6) is 0 Å². The summed E-state index contributed by atoms with van der Waals surface area (Å²) >= 11 is 0. The minimum absolute atomic E-state index is 0.0843. The Morgan fingerprint density at radius 2 is 2.31 bits per heavy atom. The van der Waals surface area contributed by atoms with Crippen molar-refractivity contribution in [3.8, 4) is 0 Å². The van der Waals surface area contributed by atoms with Crippen LogP contribution in [0.2, 0.25) is 0 Å². The summed E-state index contributed by atoms with van der Waals surface area (Å²) in [6, 6.07) is 0.591. The molecule has 1 unspecified atom stereocenters. The Kier molecular flexibility index (Phi) is 4.22. The topological polar surface area (TPSA) is 29.5 Å². The van der Waals surface area contributed by atoms with E-state index in [0.717, 1.165) is 6.42 Å². The Balaban J connectivity index is 2.22. The Bertz CT molecular complexity index is 170. The SMILES string of the molecule is COC(=O)CCC1CCCCN1C. The molecule has 0 aliphatic carbocycles. The van der Waals surface area contributed by atoms with Gasteiger partial charge in [-0.3, -0.25) is 4.79 Å². The molecule has 0 aromatic carbocycles. The first-order valence-corrected chi connectivity index (χ1v) is 5.01. The summed E-state index contributed by atoms with van der Waals surface area (Å²) in [5.74, 6) is -0.0843. The largest absolute Gasteiger partial charge is 0.469 e. The number of piperidine rings is 1. The van der Waals surface area contributed by atoms with E-state index >= 15 is 0 Å². The first-order valence-electron chi connectivity index (χ1n) is 5.01. The minimum atomic E-state index is -0.0843. The fraction of sp³-hybridized carbons (Fsp3) is 0.900. The lowest BCUT2D eigenvalue weighted by Crippen LogP contribution is -2.36. The smallest absolute Gasteiger partial charge is 0.305 e. The van der Waals surface area contributed by atoms with Gasteiger partial charge in [-0.05, 0) is 32.9 Å². The summed E-state index contributed by atoms with van der Waals surface area (Å²) in [6.07, 6.45) is 5.34. The monoisotopic (exact) mass is 185 g/mol. The number of methoxy groups -OCH3 is 1. The molecule has 1 aliphatic rings. The third kappa shape index (κ3) is 3.35. The van der Waals surface area contributed by atoms with Gasteiger partial charge in [0, 0.05) is 12.5 Å². The molecule has 0 N–H and O–H groups in total. The summed E-state index contributed by atoms with van der Waals surface area (Å²) in [4.78, 5) is 13.3. The number of hydrogen-bond acceptors (Lipinski definition) is 3. The molecule has 76 valence electrons. The average molecular weight is 185 g/mol. The van der Waals surface area contributed by atoms with Gasteiger partial charge in [0.25, 0.3) is 0 Å². The van der Waals surface area contributed by atoms with E-state index in [0.29, 0.717) is 12.5 Å². The Hall–Kier alpha value is -0.570. The number of ether oxygens (including phenoxy) is 1. The molecule has 0 radical (unpaired) electrons. The predicted molar refractivity (Wildman–Crippen MR) is 51.5 cm³/mol. The normalized spacial score (nSPS) is 24.3. The second-order valence-electron chi connectivity index (χ2n) is 3.75. The minimum Gasteiger partial charge on any atom is -0.469 e. The van der Waals surface area contributed by atoms with E-state index in [1.807, 2.05) is 0 Å². The van der Waals surface area contributed by atoms with E-state index < -0.39 is 0 Å². The first kappa shape index (κ1) is 10.5. The molecule has 1 atom stereocenters. The fourth-order valence-corrected chi connectivity index (χ4v) is 1.90. The number of esters is 1. The average Bonchev–Trinajstić information content (AvgIpc) is 2.16. The van der Waals surface area contributed by atoms with Crippen LogP contribution in [0.4, 0.5) is 0 Å². The van der Waals surface area contributed by atoms with Crippen molar-refractivity contribution in [3.63, 3.8) is 0 Å². The van der Waals surface area contributed by atoms with Gasteiger partial charge < -0.3 is 9.64 Å². The quantitative estimate of drug-likeness (QED) is 0.623. The molecule has 0 spiro atoms. The molecule has 3 nitrogen and oxygen atoms in total. The molecule has 0 aromatic rings. The lowest BCUT2D eigenvalue weighted by atomic mass is 9.99. The van der Waals surface area contributed by atoms with Gasteiger partial charge in [0.15, 0.2) is 0 Å². The molecule has 0 amide bonds. The Labute approximate surface area is 80.1 Å². The maximum atomic E-state index is 10.9. The summed E-state index contributed by atoms with van der Waals surface area (Å²) in [6.45, 7) is 1.17. The van der Waals surface area contributed by atoms with Crippen molar-refractivity contribution in [1.82, 2.24) is 4.90 Å². The highest BCUT2D eigenvalue weighted by molar-refractivity contribution is 5.69. The van der Waals surface area contributed by atoms with Gasteiger partial charge in [-0.2, -0.15) is 0 Å². The van der Waals surface area contributed by atoms with Gasteiger partial charge in [0.1, 0.15) is 0 Å². The maximum absolute atomic E-state index is 10.9. The number of likely N-dealkylation sites (tertiary alicyclic amines) is 1.